The summed E-state index contributed by atoms with van der Waals surface area (Å²) in [5, 5.41) is 1.57. The van der Waals surface area contributed by atoms with E-state index in [0.717, 1.165) is 20.2 Å². The Bertz CT molecular complexity index is 478. The predicted octanol–water partition coefficient (Wildman–Crippen LogP) is 4.13. The van der Waals surface area contributed by atoms with Crippen LogP contribution < -0.4 is 0 Å². The Morgan fingerprint density at radius 1 is 1.38 bits per heavy atom. The second-order valence-corrected chi connectivity index (χ2v) is 5.45. The van der Waals surface area contributed by atoms with Crippen molar-refractivity contribution in [3.63, 3.8) is 0 Å². The average molecular weight is 276 g/mol. The molecule has 0 saturated heterocycles. The minimum Gasteiger partial charge on any atom is -0.298 e. The Hall–Kier alpha value is -0.380. The van der Waals surface area contributed by atoms with Crippen molar-refractivity contribution in [2.45, 2.75) is 0 Å². The van der Waals surface area contributed by atoms with Gasteiger partial charge in [-0.3, -0.25) is 4.79 Å². The Morgan fingerprint density at radius 3 is 2.85 bits per heavy atom. The Morgan fingerprint density at radius 2 is 2.15 bits per heavy atom. The Kier molecular flexibility index (Phi) is 2.41. The SMILES string of the molecule is O=Cc1cc2sc(Br)cc2cc1Cl. The maximum absolute atomic E-state index is 10.6. The molecule has 0 bridgehead atoms. The fourth-order valence-corrected chi connectivity index (χ4v) is 2.94. The van der Waals surface area contributed by atoms with E-state index in [9.17, 15) is 4.79 Å². The molecule has 66 valence electrons. The van der Waals surface area contributed by atoms with Gasteiger partial charge in [-0.2, -0.15) is 0 Å². The first-order valence-electron chi connectivity index (χ1n) is 3.54. The molecule has 0 fully saturated rings. The maximum atomic E-state index is 10.6. The minimum atomic E-state index is 0.507. The van der Waals surface area contributed by atoms with Crippen molar-refractivity contribution in [1.29, 1.82) is 0 Å². The van der Waals surface area contributed by atoms with E-state index in [4.69, 9.17) is 11.6 Å². The van der Waals surface area contributed by atoms with E-state index in [1.165, 1.54) is 0 Å². The van der Waals surface area contributed by atoms with Gasteiger partial charge in [0.25, 0.3) is 0 Å². The fraction of sp³-hybridized carbons (Fsp3) is 0. The molecule has 0 amide bonds. The van der Waals surface area contributed by atoms with Gasteiger partial charge < -0.3 is 0 Å². The van der Waals surface area contributed by atoms with Gasteiger partial charge in [-0.25, -0.2) is 0 Å². The zero-order chi connectivity index (χ0) is 9.42. The number of carbonyl (C=O) groups is 1. The molecule has 2 aromatic rings. The average Bonchev–Trinajstić information content (AvgIpc) is 2.42. The van der Waals surface area contributed by atoms with Gasteiger partial charge in [-0.1, -0.05) is 11.6 Å². The lowest BCUT2D eigenvalue weighted by molar-refractivity contribution is 0.112. The molecule has 0 saturated carbocycles. The largest absolute Gasteiger partial charge is 0.298 e. The van der Waals surface area contributed by atoms with Gasteiger partial charge in [0, 0.05) is 10.3 Å². The van der Waals surface area contributed by atoms with Crippen LogP contribution in [-0.2, 0) is 0 Å². The first-order valence-corrected chi connectivity index (χ1v) is 5.53. The summed E-state index contributed by atoms with van der Waals surface area (Å²) in [5.74, 6) is 0. The summed E-state index contributed by atoms with van der Waals surface area (Å²) in [6.45, 7) is 0. The molecule has 13 heavy (non-hydrogen) atoms. The zero-order valence-electron chi connectivity index (χ0n) is 6.38. The summed E-state index contributed by atoms with van der Waals surface area (Å²) in [6.07, 6.45) is 0.773. The molecule has 1 aromatic heterocycles. The van der Waals surface area contributed by atoms with Gasteiger partial charge in [0.1, 0.15) is 0 Å². The predicted molar refractivity (Wildman–Crippen MR) is 59.9 cm³/mol. The molecule has 0 aliphatic rings. The molecule has 2 rings (SSSR count). The van der Waals surface area contributed by atoms with Crippen LogP contribution in [0.15, 0.2) is 22.0 Å². The molecule has 0 spiro atoms. The van der Waals surface area contributed by atoms with E-state index < -0.39 is 0 Å². The molecule has 1 aromatic carbocycles. The molecule has 0 aliphatic heterocycles. The van der Waals surface area contributed by atoms with Crippen molar-refractivity contribution >= 4 is 55.2 Å². The van der Waals surface area contributed by atoms with Crippen molar-refractivity contribution < 1.29 is 4.79 Å². The Balaban J connectivity index is 2.79. The lowest BCUT2D eigenvalue weighted by Crippen LogP contribution is -1.79. The number of hydrogen-bond donors (Lipinski definition) is 0. The highest BCUT2D eigenvalue weighted by Gasteiger charge is 2.04. The molecule has 0 unspecified atom stereocenters. The smallest absolute Gasteiger partial charge is 0.151 e. The van der Waals surface area contributed by atoms with Crippen LogP contribution in [0.25, 0.3) is 10.1 Å². The molecule has 0 atom stereocenters. The van der Waals surface area contributed by atoms with Gasteiger partial charge in [-0.05, 0) is 39.5 Å². The number of aldehydes is 1. The van der Waals surface area contributed by atoms with Crippen molar-refractivity contribution in [3.05, 3.63) is 32.6 Å². The highest BCUT2D eigenvalue weighted by molar-refractivity contribution is 9.11. The van der Waals surface area contributed by atoms with Gasteiger partial charge in [0.2, 0.25) is 0 Å². The topological polar surface area (TPSA) is 17.1 Å². The number of carbonyl (C=O) groups excluding carboxylic acids is 1. The van der Waals surface area contributed by atoms with Gasteiger partial charge in [0.05, 0.1) is 8.81 Å². The van der Waals surface area contributed by atoms with Crippen LogP contribution >= 0.6 is 38.9 Å². The highest BCUT2D eigenvalue weighted by atomic mass is 79.9. The van der Waals surface area contributed by atoms with Gasteiger partial charge in [0.15, 0.2) is 6.29 Å². The highest BCUT2D eigenvalue weighted by Crippen LogP contribution is 2.32. The fourth-order valence-electron chi connectivity index (χ4n) is 1.13. The summed E-state index contributed by atoms with van der Waals surface area (Å²) in [6, 6.07) is 5.60. The lowest BCUT2D eigenvalue weighted by Gasteiger charge is -1.94. The number of benzene rings is 1. The second kappa shape index (κ2) is 3.40. The quantitative estimate of drug-likeness (QED) is 0.715. The van der Waals surface area contributed by atoms with E-state index in [-0.39, 0.29) is 0 Å². The van der Waals surface area contributed by atoms with Crippen molar-refractivity contribution in [2.24, 2.45) is 0 Å². The van der Waals surface area contributed by atoms with Crippen molar-refractivity contribution in [2.75, 3.05) is 0 Å². The van der Waals surface area contributed by atoms with E-state index >= 15 is 0 Å². The summed E-state index contributed by atoms with van der Waals surface area (Å²) >= 11 is 10.8. The molecular formula is C9H4BrClOS. The number of thiophene rings is 1. The van der Waals surface area contributed by atoms with Crippen LogP contribution in [0, 0.1) is 0 Å². The van der Waals surface area contributed by atoms with Crippen molar-refractivity contribution in [1.82, 2.24) is 0 Å². The van der Waals surface area contributed by atoms with E-state index in [2.05, 4.69) is 15.9 Å². The first-order chi connectivity index (χ1) is 6.20. The number of rotatable bonds is 1. The summed E-state index contributed by atoms with van der Waals surface area (Å²) in [4.78, 5) is 10.6. The number of fused-ring (bicyclic) bond motifs is 1. The molecule has 1 heterocycles. The molecule has 1 nitrogen and oxygen atoms in total. The van der Waals surface area contributed by atoms with Crippen molar-refractivity contribution in [3.8, 4) is 0 Å². The van der Waals surface area contributed by atoms with E-state index in [1.54, 1.807) is 17.4 Å². The van der Waals surface area contributed by atoms with Crippen LogP contribution in [0.4, 0.5) is 0 Å². The minimum absolute atomic E-state index is 0.507. The van der Waals surface area contributed by atoms with Crippen LogP contribution in [0.2, 0.25) is 5.02 Å². The molecule has 0 radical (unpaired) electrons. The van der Waals surface area contributed by atoms with E-state index in [1.807, 2.05) is 12.1 Å². The van der Waals surface area contributed by atoms with Crippen LogP contribution in [0.3, 0.4) is 0 Å². The number of hydrogen-bond acceptors (Lipinski definition) is 2. The monoisotopic (exact) mass is 274 g/mol. The molecule has 4 heteroatoms. The summed E-state index contributed by atoms with van der Waals surface area (Å²) in [7, 11) is 0. The standard InChI is InChI=1S/C9H4BrClOS/c10-9-3-5-1-7(11)6(4-12)2-8(5)13-9/h1-4H. The first kappa shape index (κ1) is 9.19. The van der Waals surface area contributed by atoms with Gasteiger partial charge >= 0.3 is 0 Å². The Labute approximate surface area is 92.5 Å². The summed E-state index contributed by atoms with van der Waals surface area (Å²) in [5.41, 5.74) is 0.545. The normalized spacial score (nSPS) is 10.6. The van der Waals surface area contributed by atoms with Gasteiger partial charge in [-0.15, -0.1) is 11.3 Å². The molecule has 0 N–H and O–H groups in total. The van der Waals surface area contributed by atoms with E-state index in [0.29, 0.717) is 10.6 Å². The lowest BCUT2D eigenvalue weighted by atomic mass is 10.2. The third-order valence-electron chi connectivity index (χ3n) is 1.73. The molecule has 0 aliphatic carbocycles. The molecular weight excluding hydrogens is 272 g/mol. The third-order valence-corrected chi connectivity index (χ3v) is 3.66. The second-order valence-electron chi connectivity index (χ2n) is 2.58. The maximum Gasteiger partial charge on any atom is 0.151 e. The number of halogens is 2. The summed E-state index contributed by atoms with van der Waals surface area (Å²) < 4.78 is 2.11. The van der Waals surface area contributed by atoms with Crippen LogP contribution in [0.1, 0.15) is 10.4 Å². The zero-order valence-corrected chi connectivity index (χ0v) is 9.54. The van der Waals surface area contributed by atoms with Crippen LogP contribution in [-0.4, -0.2) is 6.29 Å². The van der Waals surface area contributed by atoms with Crippen LogP contribution in [0.5, 0.6) is 0 Å². The third kappa shape index (κ3) is 1.64.